The number of aliphatic hydroxyl groups is 2. The molecule has 0 bridgehead atoms. The molecular weight excluding hydrogens is 492 g/mol. The molecular formula is C25H24O12. The number of carbonyl (C=O) groups excluding carboxylic acids is 2. The lowest BCUT2D eigenvalue weighted by molar-refractivity contribution is -0.204. The topological polar surface area (TPSA) is 211 Å². The molecule has 0 saturated heterocycles. The first-order valence-corrected chi connectivity index (χ1v) is 10.8. The Kier molecular flexibility index (Phi) is 8.05. The summed E-state index contributed by atoms with van der Waals surface area (Å²) in [6.07, 6.45) is -1.86. The van der Waals surface area contributed by atoms with Gasteiger partial charge in [-0.1, -0.05) is 12.1 Å². The van der Waals surface area contributed by atoms with Gasteiger partial charge in [0, 0.05) is 25.0 Å². The van der Waals surface area contributed by atoms with Crippen LogP contribution in [0.2, 0.25) is 0 Å². The molecule has 0 amide bonds. The van der Waals surface area contributed by atoms with Crippen LogP contribution >= 0.6 is 0 Å². The standard InChI is InChI=1S/C25H24O12/c26-15-5-1-13(9-17(15)28)3-7-21(31)36-20-12-25(35,24(33)34)11-19(30)23(20)37-22(32)8-4-14-2-6-16(27)18(29)10-14/h1-10,19-20,23,26-30,35H,11-12H2,(H,33,34)/b7-3+,8-4+/t19-,20-,23+,25?/m1/s1. The van der Waals surface area contributed by atoms with Gasteiger partial charge in [-0.25, -0.2) is 14.4 Å². The summed E-state index contributed by atoms with van der Waals surface area (Å²) in [5, 5.41) is 68.0. The first-order valence-electron chi connectivity index (χ1n) is 10.8. The van der Waals surface area contributed by atoms with Gasteiger partial charge >= 0.3 is 17.9 Å². The van der Waals surface area contributed by atoms with E-state index >= 15 is 0 Å². The van der Waals surface area contributed by atoms with Crippen molar-refractivity contribution in [2.45, 2.75) is 36.8 Å². The van der Waals surface area contributed by atoms with E-state index in [-0.39, 0.29) is 11.5 Å². The summed E-state index contributed by atoms with van der Waals surface area (Å²) >= 11 is 0. The molecule has 196 valence electrons. The number of aliphatic carboxylic acids is 1. The lowest BCUT2D eigenvalue weighted by atomic mass is 9.79. The van der Waals surface area contributed by atoms with Gasteiger partial charge in [-0.3, -0.25) is 0 Å². The number of hydrogen-bond acceptors (Lipinski definition) is 11. The third-order valence-corrected chi connectivity index (χ3v) is 5.57. The fraction of sp³-hybridized carbons (Fsp3) is 0.240. The Morgan fingerprint density at radius 3 is 1.73 bits per heavy atom. The smallest absolute Gasteiger partial charge is 0.335 e. The zero-order chi connectivity index (χ0) is 27.3. The fourth-order valence-corrected chi connectivity index (χ4v) is 3.66. The maximum atomic E-state index is 12.4. The number of aliphatic hydroxyl groups excluding tert-OH is 1. The van der Waals surface area contributed by atoms with Crippen LogP contribution in [0.5, 0.6) is 23.0 Å². The van der Waals surface area contributed by atoms with Crippen LogP contribution in [0.3, 0.4) is 0 Å². The highest BCUT2D eigenvalue weighted by Gasteiger charge is 2.52. The van der Waals surface area contributed by atoms with Crippen molar-refractivity contribution in [3.8, 4) is 23.0 Å². The van der Waals surface area contributed by atoms with Gasteiger partial charge in [0.05, 0.1) is 6.10 Å². The number of hydrogen-bond donors (Lipinski definition) is 7. The van der Waals surface area contributed by atoms with Crippen molar-refractivity contribution in [3.05, 3.63) is 59.7 Å². The number of carboxylic acids is 1. The summed E-state index contributed by atoms with van der Waals surface area (Å²) in [6.45, 7) is 0. The molecule has 0 spiro atoms. The Labute approximate surface area is 209 Å². The molecule has 0 radical (unpaired) electrons. The van der Waals surface area contributed by atoms with Crippen molar-refractivity contribution < 1.29 is 59.6 Å². The second-order valence-electron chi connectivity index (χ2n) is 8.35. The number of benzene rings is 2. The maximum absolute atomic E-state index is 12.4. The van der Waals surface area contributed by atoms with E-state index in [1.807, 2.05) is 0 Å². The summed E-state index contributed by atoms with van der Waals surface area (Å²) in [5.74, 6) is -5.29. The Morgan fingerprint density at radius 2 is 1.27 bits per heavy atom. The molecule has 2 aromatic carbocycles. The van der Waals surface area contributed by atoms with E-state index in [0.717, 1.165) is 18.2 Å². The normalized spacial score (nSPS) is 23.7. The molecule has 7 N–H and O–H groups in total. The Hall–Kier alpha value is -4.55. The van der Waals surface area contributed by atoms with Crippen molar-refractivity contribution in [1.29, 1.82) is 0 Å². The van der Waals surface area contributed by atoms with Gasteiger partial charge < -0.3 is 45.2 Å². The van der Waals surface area contributed by atoms with Gasteiger partial charge in [0.15, 0.2) is 34.7 Å². The minimum absolute atomic E-state index is 0.311. The summed E-state index contributed by atoms with van der Waals surface area (Å²) in [7, 11) is 0. The summed E-state index contributed by atoms with van der Waals surface area (Å²) < 4.78 is 10.4. The predicted molar refractivity (Wildman–Crippen MR) is 125 cm³/mol. The van der Waals surface area contributed by atoms with E-state index in [0.29, 0.717) is 11.1 Å². The number of aromatic hydroxyl groups is 4. The molecule has 1 saturated carbocycles. The average Bonchev–Trinajstić information content (AvgIpc) is 2.82. The van der Waals surface area contributed by atoms with Gasteiger partial charge in [-0.05, 0) is 47.5 Å². The van der Waals surface area contributed by atoms with Gasteiger partial charge in [-0.2, -0.15) is 0 Å². The molecule has 37 heavy (non-hydrogen) atoms. The van der Waals surface area contributed by atoms with Gasteiger partial charge in [-0.15, -0.1) is 0 Å². The molecule has 1 unspecified atom stereocenters. The van der Waals surface area contributed by atoms with E-state index in [4.69, 9.17) is 9.47 Å². The van der Waals surface area contributed by atoms with Crippen molar-refractivity contribution >= 4 is 30.1 Å². The third kappa shape index (κ3) is 6.78. The predicted octanol–water partition coefficient (Wildman–Crippen LogP) is 1.03. The van der Waals surface area contributed by atoms with Crippen LogP contribution in [-0.4, -0.2) is 77.6 Å². The lowest BCUT2D eigenvalue weighted by Crippen LogP contribution is -2.58. The molecule has 0 heterocycles. The SMILES string of the molecule is O=C(/C=C/c1ccc(O)c(O)c1)O[C@H]1[C@H](O)CC(O)(C(=O)O)C[C@H]1OC(=O)/C=C/c1ccc(O)c(O)c1. The molecule has 1 aliphatic carbocycles. The Bertz CT molecular complexity index is 1250. The van der Waals surface area contributed by atoms with Crippen molar-refractivity contribution in [2.24, 2.45) is 0 Å². The van der Waals surface area contributed by atoms with Crippen LogP contribution in [0.15, 0.2) is 48.6 Å². The molecule has 12 heteroatoms. The first-order chi connectivity index (χ1) is 17.4. The van der Waals surface area contributed by atoms with E-state index in [1.165, 1.54) is 42.5 Å². The van der Waals surface area contributed by atoms with E-state index < -0.39 is 66.2 Å². The molecule has 12 nitrogen and oxygen atoms in total. The molecule has 3 rings (SSSR count). The highest BCUT2D eigenvalue weighted by molar-refractivity contribution is 5.88. The van der Waals surface area contributed by atoms with Crippen LogP contribution in [0.25, 0.3) is 12.2 Å². The van der Waals surface area contributed by atoms with Gasteiger partial charge in [0.25, 0.3) is 0 Å². The summed E-state index contributed by atoms with van der Waals surface area (Å²) in [4.78, 5) is 36.3. The van der Waals surface area contributed by atoms with Crippen LogP contribution in [0.4, 0.5) is 0 Å². The third-order valence-electron chi connectivity index (χ3n) is 5.57. The monoisotopic (exact) mass is 516 g/mol. The van der Waals surface area contributed by atoms with Gasteiger partial charge in [0.2, 0.25) is 0 Å². The molecule has 1 aliphatic rings. The van der Waals surface area contributed by atoms with E-state index in [1.54, 1.807) is 0 Å². The Morgan fingerprint density at radius 1 is 0.784 bits per heavy atom. The molecule has 0 aliphatic heterocycles. The number of carboxylic acid groups (broad SMARTS) is 1. The highest BCUT2D eigenvalue weighted by atomic mass is 16.6. The number of rotatable bonds is 7. The number of phenolic OH excluding ortho intramolecular Hbond substituents is 4. The number of carbonyl (C=O) groups is 3. The minimum atomic E-state index is -2.46. The minimum Gasteiger partial charge on any atom is -0.504 e. The van der Waals surface area contributed by atoms with Crippen LogP contribution in [0, 0.1) is 0 Å². The molecule has 0 aromatic heterocycles. The largest absolute Gasteiger partial charge is 0.504 e. The van der Waals surface area contributed by atoms with Crippen molar-refractivity contribution in [1.82, 2.24) is 0 Å². The van der Waals surface area contributed by atoms with Crippen molar-refractivity contribution in [2.75, 3.05) is 0 Å². The van der Waals surface area contributed by atoms with Crippen LogP contribution in [0.1, 0.15) is 24.0 Å². The summed E-state index contributed by atoms with van der Waals surface area (Å²) in [5.41, 5.74) is -1.82. The molecule has 4 atom stereocenters. The zero-order valence-corrected chi connectivity index (χ0v) is 19.1. The Balaban J connectivity index is 1.75. The quantitative estimate of drug-likeness (QED) is 0.156. The van der Waals surface area contributed by atoms with Crippen LogP contribution in [-0.2, 0) is 23.9 Å². The van der Waals surface area contributed by atoms with E-state index in [9.17, 15) is 50.1 Å². The van der Waals surface area contributed by atoms with Crippen molar-refractivity contribution in [3.63, 3.8) is 0 Å². The summed E-state index contributed by atoms with van der Waals surface area (Å²) in [6, 6.07) is 7.50. The van der Waals surface area contributed by atoms with Gasteiger partial charge in [0.1, 0.15) is 6.10 Å². The van der Waals surface area contributed by atoms with E-state index in [2.05, 4.69) is 0 Å². The number of ether oxygens (including phenoxy) is 2. The molecule has 2 aromatic rings. The lowest BCUT2D eigenvalue weighted by Gasteiger charge is -2.40. The second-order valence-corrected chi connectivity index (χ2v) is 8.35. The highest BCUT2D eigenvalue weighted by Crippen LogP contribution is 2.33. The second kappa shape index (κ2) is 11.0. The maximum Gasteiger partial charge on any atom is 0.335 e. The number of phenols is 4. The number of esters is 2. The molecule has 1 fully saturated rings. The fourth-order valence-electron chi connectivity index (χ4n) is 3.66. The van der Waals surface area contributed by atoms with Crippen LogP contribution < -0.4 is 0 Å². The average molecular weight is 516 g/mol. The first kappa shape index (κ1) is 27.0. The zero-order valence-electron chi connectivity index (χ0n) is 19.1.